The molecule has 1 aromatic carbocycles. The van der Waals surface area contributed by atoms with E-state index in [0.29, 0.717) is 12.0 Å². The molecular formula is C17H16FN5O4S. The number of methoxy groups -OCH3 is 2. The van der Waals surface area contributed by atoms with Gasteiger partial charge >= 0.3 is 0 Å². The van der Waals surface area contributed by atoms with Crippen molar-refractivity contribution < 1.29 is 22.3 Å². The highest BCUT2D eigenvalue weighted by molar-refractivity contribution is 7.89. The fraction of sp³-hybridized carbons (Fsp3) is 0.235. The minimum atomic E-state index is -4.08. The molecule has 0 amide bonds. The minimum Gasteiger partial charge on any atom is -0.481 e. The second-order valence-corrected chi connectivity index (χ2v) is 7.28. The SMILES string of the molecule is COc1nc(-n2cc(S(N)(=O)=O)c3ccc(F)cc32)nc(OC)c1CCC#N. The summed E-state index contributed by atoms with van der Waals surface area (Å²) in [6, 6.07) is 5.62. The maximum atomic E-state index is 13.8. The van der Waals surface area contributed by atoms with E-state index in [4.69, 9.17) is 19.9 Å². The van der Waals surface area contributed by atoms with E-state index in [1.54, 1.807) is 0 Å². The normalized spacial score (nSPS) is 11.4. The van der Waals surface area contributed by atoms with E-state index < -0.39 is 15.8 Å². The maximum absolute atomic E-state index is 13.8. The first-order chi connectivity index (χ1) is 13.3. The van der Waals surface area contributed by atoms with Crippen molar-refractivity contribution in [2.45, 2.75) is 17.7 Å². The lowest BCUT2D eigenvalue weighted by atomic mass is 10.2. The lowest BCUT2D eigenvalue weighted by Gasteiger charge is -2.13. The molecule has 2 aromatic heterocycles. The first-order valence-electron chi connectivity index (χ1n) is 7.99. The van der Waals surface area contributed by atoms with E-state index in [-0.39, 0.29) is 39.9 Å². The lowest BCUT2D eigenvalue weighted by Crippen LogP contribution is -2.12. The molecule has 9 nitrogen and oxygen atoms in total. The summed E-state index contributed by atoms with van der Waals surface area (Å²) in [6.07, 6.45) is 1.71. The van der Waals surface area contributed by atoms with Gasteiger partial charge in [-0.05, 0) is 24.6 Å². The van der Waals surface area contributed by atoms with Crippen molar-refractivity contribution >= 4 is 20.9 Å². The number of nitrogens with two attached hydrogens (primary N) is 1. The average molecular weight is 405 g/mol. The Morgan fingerprint density at radius 1 is 1.25 bits per heavy atom. The first-order valence-corrected chi connectivity index (χ1v) is 9.54. The van der Waals surface area contributed by atoms with Crippen LogP contribution in [0.15, 0.2) is 29.3 Å². The smallest absolute Gasteiger partial charge is 0.240 e. The van der Waals surface area contributed by atoms with Crippen molar-refractivity contribution in [3.05, 3.63) is 35.8 Å². The molecule has 0 unspecified atom stereocenters. The van der Waals surface area contributed by atoms with Crippen LogP contribution in [-0.4, -0.2) is 37.2 Å². The molecule has 3 rings (SSSR count). The van der Waals surface area contributed by atoms with Crippen LogP contribution in [0, 0.1) is 17.1 Å². The van der Waals surface area contributed by atoms with Gasteiger partial charge in [-0.2, -0.15) is 15.2 Å². The van der Waals surface area contributed by atoms with E-state index in [2.05, 4.69) is 9.97 Å². The van der Waals surface area contributed by atoms with Crippen molar-refractivity contribution in [2.75, 3.05) is 14.2 Å². The van der Waals surface area contributed by atoms with Gasteiger partial charge in [0, 0.05) is 18.0 Å². The van der Waals surface area contributed by atoms with Gasteiger partial charge in [0.05, 0.1) is 31.4 Å². The summed E-state index contributed by atoms with van der Waals surface area (Å²) in [6.45, 7) is 0. The maximum Gasteiger partial charge on any atom is 0.240 e. The van der Waals surface area contributed by atoms with Gasteiger partial charge in [0.2, 0.25) is 27.7 Å². The quantitative estimate of drug-likeness (QED) is 0.659. The summed E-state index contributed by atoms with van der Waals surface area (Å²) in [5, 5.41) is 14.3. The molecule has 28 heavy (non-hydrogen) atoms. The van der Waals surface area contributed by atoms with Gasteiger partial charge < -0.3 is 9.47 Å². The zero-order chi connectivity index (χ0) is 20.5. The summed E-state index contributed by atoms with van der Waals surface area (Å²) in [5.41, 5.74) is 0.697. The molecule has 0 bridgehead atoms. The number of sulfonamides is 1. The van der Waals surface area contributed by atoms with Crippen LogP contribution in [0.4, 0.5) is 4.39 Å². The summed E-state index contributed by atoms with van der Waals surface area (Å²) in [4.78, 5) is 8.36. The largest absolute Gasteiger partial charge is 0.481 e. The Hall–Kier alpha value is -3.23. The van der Waals surface area contributed by atoms with Crippen molar-refractivity contribution in [2.24, 2.45) is 5.14 Å². The Kier molecular flexibility index (Phi) is 5.17. The van der Waals surface area contributed by atoms with Gasteiger partial charge in [-0.15, -0.1) is 0 Å². The number of ether oxygens (including phenoxy) is 2. The third-order valence-electron chi connectivity index (χ3n) is 4.05. The highest BCUT2D eigenvalue weighted by atomic mass is 32.2. The zero-order valence-corrected chi connectivity index (χ0v) is 15.8. The molecule has 0 aliphatic rings. The van der Waals surface area contributed by atoms with Crippen molar-refractivity contribution in [3.63, 3.8) is 0 Å². The predicted octanol–water partition coefficient (Wildman–Crippen LogP) is 1.68. The molecule has 0 radical (unpaired) electrons. The molecule has 0 aliphatic heterocycles. The highest BCUT2D eigenvalue weighted by Crippen LogP contribution is 2.31. The number of primary sulfonamides is 1. The number of nitriles is 1. The summed E-state index contributed by atoms with van der Waals surface area (Å²) in [5.74, 6) is -0.252. The molecular weight excluding hydrogens is 389 g/mol. The summed E-state index contributed by atoms with van der Waals surface area (Å²) in [7, 11) is -1.29. The number of benzene rings is 1. The van der Waals surface area contributed by atoms with Crippen LogP contribution in [0.2, 0.25) is 0 Å². The van der Waals surface area contributed by atoms with Gasteiger partial charge in [0.25, 0.3) is 0 Å². The van der Waals surface area contributed by atoms with Gasteiger partial charge in [0.1, 0.15) is 10.7 Å². The number of hydrogen-bond acceptors (Lipinski definition) is 7. The van der Waals surface area contributed by atoms with E-state index >= 15 is 0 Å². The van der Waals surface area contributed by atoms with Crippen LogP contribution in [0.5, 0.6) is 11.8 Å². The van der Waals surface area contributed by atoms with Crippen LogP contribution >= 0.6 is 0 Å². The molecule has 0 atom stereocenters. The fourth-order valence-corrected chi connectivity index (χ4v) is 3.57. The number of fused-ring (bicyclic) bond motifs is 1. The van der Waals surface area contributed by atoms with Gasteiger partial charge in [-0.1, -0.05) is 0 Å². The van der Waals surface area contributed by atoms with Crippen LogP contribution in [-0.2, 0) is 16.4 Å². The number of hydrogen-bond donors (Lipinski definition) is 1. The number of aromatic nitrogens is 3. The summed E-state index contributed by atoms with van der Waals surface area (Å²) >= 11 is 0. The third kappa shape index (κ3) is 3.47. The van der Waals surface area contributed by atoms with Crippen molar-refractivity contribution in [1.82, 2.24) is 14.5 Å². The standard InChI is InChI=1S/C17H16FN5O4S/c1-26-15-12(4-3-7-19)16(27-2)22-17(21-15)23-9-14(28(20,24)25)11-6-5-10(18)8-13(11)23/h5-6,8-9H,3-4H2,1-2H3,(H2,20,24,25). The molecule has 0 saturated carbocycles. The van der Waals surface area contributed by atoms with Gasteiger partial charge in [-0.3, -0.25) is 4.57 Å². The van der Waals surface area contributed by atoms with Crippen LogP contribution in [0.3, 0.4) is 0 Å². The zero-order valence-electron chi connectivity index (χ0n) is 15.0. The molecule has 0 aliphatic carbocycles. The Morgan fingerprint density at radius 3 is 2.43 bits per heavy atom. The Balaban J connectivity index is 2.31. The second kappa shape index (κ2) is 7.41. The molecule has 0 fully saturated rings. The average Bonchev–Trinajstić information content (AvgIpc) is 3.04. The van der Waals surface area contributed by atoms with E-state index in [1.807, 2.05) is 6.07 Å². The van der Waals surface area contributed by atoms with E-state index in [9.17, 15) is 12.8 Å². The minimum absolute atomic E-state index is 0.0000855. The predicted molar refractivity (Wildman–Crippen MR) is 97.2 cm³/mol. The topological polar surface area (TPSA) is 133 Å². The molecule has 11 heteroatoms. The molecule has 0 saturated heterocycles. The second-order valence-electron chi connectivity index (χ2n) is 5.75. The molecule has 146 valence electrons. The molecule has 3 aromatic rings. The molecule has 2 N–H and O–H groups in total. The van der Waals surface area contributed by atoms with Gasteiger partial charge in [-0.25, -0.2) is 17.9 Å². The fourth-order valence-electron chi connectivity index (χ4n) is 2.83. The van der Waals surface area contributed by atoms with Crippen LogP contribution < -0.4 is 14.6 Å². The third-order valence-corrected chi connectivity index (χ3v) is 4.98. The Labute approximate surface area is 160 Å². The van der Waals surface area contributed by atoms with Gasteiger partial charge in [0.15, 0.2) is 0 Å². The Morgan fingerprint density at radius 2 is 1.89 bits per heavy atom. The first kappa shape index (κ1) is 19.5. The molecule has 0 spiro atoms. The molecule has 2 heterocycles. The number of halogens is 1. The monoisotopic (exact) mass is 405 g/mol. The summed E-state index contributed by atoms with van der Waals surface area (Å²) < 4.78 is 49.6. The van der Waals surface area contributed by atoms with Crippen molar-refractivity contribution in [3.8, 4) is 23.8 Å². The highest BCUT2D eigenvalue weighted by Gasteiger charge is 2.22. The number of nitrogens with zero attached hydrogens (tertiary/aromatic N) is 4. The lowest BCUT2D eigenvalue weighted by molar-refractivity contribution is 0.361. The van der Waals surface area contributed by atoms with Crippen LogP contribution in [0.1, 0.15) is 12.0 Å². The van der Waals surface area contributed by atoms with Crippen LogP contribution in [0.25, 0.3) is 16.9 Å². The van der Waals surface area contributed by atoms with Crippen molar-refractivity contribution in [1.29, 1.82) is 5.26 Å². The van der Waals surface area contributed by atoms with E-state index in [1.165, 1.54) is 31.0 Å². The number of rotatable bonds is 6. The Bertz CT molecular complexity index is 1180. The van der Waals surface area contributed by atoms with E-state index in [0.717, 1.165) is 12.1 Å².